The van der Waals surface area contributed by atoms with E-state index in [0.29, 0.717) is 5.92 Å². The Morgan fingerprint density at radius 2 is 2.08 bits per heavy atom. The van der Waals surface area contributed by atoms with Crippen molar-refractivity contribution in [2.75, 3.05) is 0 Å². The van der Waals surface area contributed by atoms with Gasteiger partial charge in [-0.3, -0.25) is 9.78 Å². The van der Waals surface area contributed by atoms with Crippen molar-refractivity contribution in [3.05, 3.63) is 101 Å². The number of allylic oxidation sites excluding steroid dienone is 4. The van der Waals surface area contributed by atoms with E-state index < -0.39 is 0 Å². The second kappa shape index (κ2) is 5.92. The smallest absolute Gasteiger partial charge is 0.186 e. The minimum Gasteiger partial charge on any atom is -0.289 e. The van der Waals surface area contributed by atoms with E-state index in [1.807, 2.05) is 24.3 Å². The Bertz CT molecular complexity index is 1120. The van der Waals surface area contributed by atoms with Crippen LogP contribution in [0, 0.1) is 0 Å². The molecular weight excluding hydrogens is 318 g/mol. The Morgan fingerprint density at radius 1 is 1.12 bits per heavy atom. The summed E-state index contributed by atoms with van der Waals surface area (Å²) in [4.78, 5) is 17.0. The molecule has 2 aliphatic carbocycles. The summed E-state index contributed by atoms with van der Waals surface area (Å²) >= 11 is 0. The van der Waals surface area contributed by atoms with Gasteiger partial charge >= 0.3 is 0 Å². The lowest BCUT2D eigenvalue weighted by atomic mass is 9.78. The van der Waals surface area contributed by atoms with Crippen molar-refractivity contribution in [2.45, 2.75) is 12.3 Å². The molecule has 0 N–H and O–H groups in total. The summed E-state index contributed by atoms with van der Waals surface area (Å²) in [5, 5.41) is 2.28. The third-order valence-corrected chi connectivity index (χ3v) is 5.22. The van der Waals surface area contributed by atoms with Crippen molar-refractivity contribution >= 4 is 28.7 Å². The van der Waals surface area contributed by atoms with Crippen molar-refractivity contribution in [1.29, 1.82) is 0 Å². The molecule has 1 heterocycles. The summed E-state index contributed by atoms with van der Waals surface area (Å²) in [6, 6.07) is 12.1. The van der Waals surface area contributed by atoms with Crippen molar-refractivity contribution in [3.8, 4) is 0 Å². The molecular formula is C24H17NO. The highest BCUT2D eigenvalue weighted by atomic mass is 16.1. The fourth-order valence-electron chi connectivity index (χ4n) is 4.00. The second-order valence-corrected chi connectivity index (χ2v) is 6.76. The number of hydrogen-bond donors (Lipinski definition) is 0. The monoisotopic (exact) mass is 335 g/mol. The lowest BCUT2D eigenvalue weighted by Gasteiger charge is -2.25. The van der Waals surface area contributed by atoms with Gasteiger partial charge in [-0.1, -0.05) is 48.6 Å². The third-order valence-electron chi connectivity index (χ3n) is 5.22. The molecule has 26 heavy (non-hydrogen) atoms. The average Bonchev–Trinajstić information content (AvgIpc) is 2.71. The predicted octanol–water partition coefficient (Wildman–Crippen LogP) is 5.35. The SMILES string of the molecule is O=C(C=Cc1cccnc1)c1ccc2c3c4c(ccc13)CC=CC4C=C2. The molecule has 1 aromatic heterocycles. The first-order valence-electron chi connectivity index (χ1n) is 8.87. The molecule has 0 radical (unpaired) electrons. The van der Waals surface area contributed by atoms with E-state index in [1.165, 1.54) is 22.1 Å². The first-order valence-corrected chi connectivity index (χ1v) is 8.87. The topological polar surface area (TPSA) is 30.0 Å². The van der Waals surface area contributed by atoms with Crippen molar-refractivity contribution in [2.24, 2.45) is 0 Å². The number of carbonyl (C=O) groups is 1. The van der Waals surface area contributed by atoms with E-state index >= 15 is 0 Å². The molecule has 2 nitrogen and oxygen atoms in total. The largest absolute Gasteiger partial charge is 0.289 e. The molecule has 1 atom stereocenters. The first-order chi connectivity index (χ1) is 12.8. The van der Waals surface area contributed by atoms with Gasteiger partial charge in [-0.25, -0.2) is 0 Å². The van der Waals surface area contributed by atoms with Gasteiger partial charge in [-0.05, 0) is 63.7 Å². The molecule has 0 bridgehead atoms. The molecule has 0 saturated heterocycles. The summed E-state index contributed by atoms with van der Waals surface area (Å²) in [5.41, 5.74) is 5.62. The number of ketones is 1. The van der Waals surface area contributed by atoms with Gasteiger partial charge < -0.3 is 0 Å². The fraction of sp³-hybridized carbons (Fsp3) is 0.0833. The van der Waals surface area contributed by atoms with Gasteiger partial charge in [0.2, 0.25) is 0 Å². The van der Waals surface area contributed by atoms with Crippen LogP contribution in [0.1, 0.15) is 38.5 Å². The van der Waals surface area contributed by atoms with Crippen LogP contribution in [-0.4, -0.2) is 10.8 Å². The van der Waals surface area contributed by atoms with Crippen molar-refractivity contribution < 1.29 is 4.79 Å². The summed E-state index contributed by atoms with van der Waals surface area (Å²) in [6.07, 6.45) is 16.8. The highest BCUT2D eigenvalue weighted by Gasteiger charge is 2.23. The van der Waals surface area contributed by atoms with Gasteiger partial charge in [0.1, 0.15) is 0 Å². The molecule has 2 heteroatoms. The lowest BCUT2D eigenvalue weighted by molar-refractivity contribution is 0.104. The van der Waals surface area contributed by atoms with Crippen LogP contribution in [0.15, 0.2) is 73.1 Å². The third kappa shape index (κ3) is 2.34. The molecule has 0 fully saturated rings. The van der Waals surface area contributed by atoms with Gasteiger partial charge in [0.15, 0.2) is 5.78 Å². The predicted molar refractivity (Wildman–Crippen MR) is 106 cm³/mol. The molecule has 0 amide bonds. The van der Waals surface area contributed by atoms with Crippen LogP contribution in [0.3, 0.4) is 0 Å². The Balaban J connectivity index is 1.64. The molecule has 0 aliphatic heterocycles. The number of carbonyl (C=O) groups excluding carboxylic acids is 1. The standard InChI is InChI=1S/C24H17NO/c26-22(13-6-16-3-2-14-25-15-16)20-11-9-19-8-7-17-4-1-5-18-10-12-21(20)24(19)23(17)18/h1-4,6-15,17H,5H2. The van der Waals surface area contributed by atoms with Crippen LogP contribution in [0.25, 0.3) is 22.9 Å². The van der Waals surface area contributed by atoms with Crippen LogP contribution < -0.4 is 0 Å². The van der Waals surface area contributed by atoms with Gasteiger partial charge in [0.25, 0.3) is 0 Å². The van der Waals surface area contributed by atoms with Gasteiger partial charge in [-0.2, -0.15) is 0 Å². The zero-order valence-corrected chi connectivity index (χ0v) is 14.2. The van der Waals surface area contributed by atoms with E-state index in [0.717, 1.165) is 22.9 Å². The van der Waals surface area contributed by atoms with E-state index in [-0.39, 0.29) is 5.78 Å². The molecule has 0 saturated carbocycles. The molecule has 1 unspecified atom stereocenters. The maximum absolute atomic E-state index is 12.9. The maximum atomic E-state index is 12.9. The van der Waals surface area contributed by atoms with Crippen molar-refractivity contribution in [3.63, 3.8) is 0 Å². The number of nitrogens with zero attached hydrogens (tertiary/aromatic N) is 1. The van der Waals surface area contributed by atoms with Crippen LogP contribution in [0.5, 0.6) is 0 Å². The van der Waals surface area contributed by atoms with E-state index in [4.69, 9.17) is 0 Å². The van der Waals surface area contributed by atoms with Crippen LogP contribution in [0.4, 0.5) is 0 Å². The zero-order valence-electron chi connectivity index (χ0n) is 14.2. The molecule has 2 aliphatic rings. The second-order valence-electron chi connectivity index (χ2n) is 6.76. The maximum Gasteiger partial charge on any atom is 0.186 e. The number of benzene rings is 2. The zero-order chi connectivity index (χ0) is 17.5. The number of hydrogen-bond acceptors (Lipinski definition) is 2. The average molecular weight is 335 g/mol. The van der Waals surface area contributed by atoms with Gasteiger partial charge in [-0.15, -0.1) is 0 Å². The lowest BCUT2D eigenvalue weighted by Crippen LogP contribution is -2.09. The van der Waals surface area contributed by atoms with E-state index in [9.17, 15) is 4.79 Å². The van der Waals surface area contributed by atoms with E-state index in [1.54, 1.807) is 18.5 Å². The molecule has 124 valence electrons. The Labute approximate surface area is 152 Å². The highest BCUT2D eigenvalue weighted by Crippen LogP contribution is 2.41. The Hall–Kier alpha value is -3.26. The molecule has 3 aromatic rings. The highest BCUT2D eigenvalue weighted by molar-refractivity contribution is 6.16. The van der Waals surface area contributed by atoms with Crippen LogP contribution >= 0.6 is 0 Å². The molecule has 0 spiro atoms. The summed E-state index contributed by atoms with van der Waals surface area (Å²) in [7, 11) is 0. The Morgan fingerprint density at radius 3 is 2.96 bits per heavy atom. The van der Waals surface area contributed by atoms with Gasteiger partial charge in [0, 0.05) is 23.9 Å². The summed E-state index contributed by atoms with van der Waals surface area (Å²) in [6.45, 7) is 0. The first kappa shape index (κ1) is 15.0. The van der Waals surface area contributed by atoms with Crippen LogP contribution in [-0.2, 0) is 6.42 Å². The summed E-state index contributed by atoms with van der Waals surface area (Å²) < 4.78 is 0. The number of rotatable bonds is 3. The Kier molecular flexibility index (Phi) is 3.42. The van der Waals surface area contributed by atoms with Gasteiger partial charge in [0.05, 0.1) is 0 Å². The molecule has 2 aromatic carbocycles. The fourth-order valence-corrected chi connectivity index (χ4v) is 4.00. The van der Waals surface area contributed by atoms with E-state index in [2.05, 4.69) is 47.5 Å². The van der Waals surface area contributed by atoms with Crippen molar-refractivity contribution in [1.82, 2.24) is 4.98 Å². The number of pyridine rings is 1. The number of aromatic nitrogens is 1. The summed E-state index contributed by atoms with van der Waals surface area (Å²) in [5.74, 6) is 0.351. The quantitative estimate of drug-likeness (QED) is 0.367. The van der Waals surface area contributed by atoms with Crippen LogP contribution in [0.2, 0.25) is 0 Å². The normalized spacial score (nSPS) is 17.2. The minimum atomic E-state index is 0.0257. The molecule has 5 rings (SSSR count). The minimum absolute atomic E-state index is 0.0257.